The zero-order valence-corrected chi connectivity index (χ0v) is 22.6. The minimum absolute atomic E-state index is 0.279. The molecule has 204 valence electrons. The van der Waals surface area contributed by atoms with Crippen LogP contribution >= 0.6 is 0 Å². The van der Waals surface area contributed by atoms with Gasteiger partial charge in [0.1, 0.15) is 22.8 Å². The Kier molecular flexibility index (Phi) is 7.76. The van der Waals surface area contributed by atoms with E-state index in [1.807, 2.05) is 31.2 Å². The lowest BCUT2D eigenvalue weighted by molar-refractivity contribution is 0.0307. The first-order chi connectivity index (χ1) is 18.9. The fourth-order valence-electron chi connectivity index (χ4n) is 5.00. The van der Waals surface area contributed by atoms with Gasteiger partial charge in [-0.3, -0.25) is 4.79 Å². The predicted molar refractivity (Wildman–Crippen MR) is 154 cm³/mol. The number of benzene rings is 1. The molecule has 5 rings (SSSR count). The lowest BCUT2D eigenvalue weighted by atomic mass is 9.98. The van der Waals surface area contributed by atoms with E-state index in [2.05, 4.69) is 61.5 Å². The summed E-state index contributed by atoms with van der Waals surface area (Å²) in [7, 11) is 2.15. The van der Waals surface area contributed by atoms with Crippen LogP contribution in [0, 0.1) is 0 Å². The van der Waals surface area contributed by atoms with E-state index < -0.39 is 5.60 Å². The maximum atomic E-state index is 12.9. The van der Waals surface area contributed by atoms with Crippen LogP contribution in [-0.4, -0.2) is 70.6 Å². The van der Waals surface area contributed by atoms with Crippen LogP contribution in [0.1, 0.15) is 41.4 Å². The molecule has 10 nitrogen and oxygen atoms in total. The van der Waals surface area contributed by atoms with Gasteiger partial charge in [-0.1, -0.05) is 19.1 Å². The van der Waals surface area contributed by atoms with Crippen LogP contribution in [0.5, 0.6) is 0 Å². The fraction of sp³-hybridized carbons (Fsp3) is 0.379. The lowest BCUT2D eigenvalue weighted by Gasteiger charge is -2.34. The average Bonchev–Trinajstić information content (AvgIpc) is 3.29. The first kappa shape index (κ1) is 26.6. The van der Waals surface area contributed by atoms with E-state index in [-0.39, 0.29) is 11.5 Å². The third kappa shape index (κ3) is 5.86. The number of aryl methyl sites for hydroxylation is 1. The topological polar surface area (TPSA) is 119 Å². The molecule has 0 saturated carbocycles. The van der Waals surface area contributed by atoms with Crippen molar-refractivity contribution < 1.29 is 9.90 Å². The highest BCUT2D eigenvalue weighted by Gasteiger charge is 2.36. The number of anilines is 5. The number of nitrogens with zero attached hydrogens (tertiary/aromatic N) is 5. The molecule has 0 radical (unpaired) electrons. The molecule has 1 saturated heterocycles. The van der Waals surface area contributed by atoms with Crippen LogP contribution in [-0.2, 0) is 12.0 Å². The molecule has 1 fully saturated rings. The van der Waals surface area contributed by atoms with Crippen LogP contribution in [0.3, 0.4) is 0 Å². The number of amides is 1. The van der Waals surface area contributed by atoms with Crippen molar-refractivity contribution in [2.45, 2.75) is 31.8 Å². The summed E-state index contributed by atoms with van der Waals surface area (Å²) in [5.74, 6) is 0.832. The number of carbonyl (C=O) groups is 1. The predicted octanol–water partition coefficient (Wildman–Crippen LogP) is 3.57. The van der Waals surface area contributed by atoms with Crippen LogP contribution in [0.25, 0.3) is 0 Å². The van der Waals surface area contributed by atoms with Crippen molar-refractivity contribution >= 4 is 34.9 Å². The third-order valence-electron chi connectivity index (χ3n) is 7.49. The van der Waals surface area contributed by atoms with Crippen LogP contribution < -0.4 is 20.9 Å². The number of likely N-dealkylation sites (N-methyl/N-ethyl adjacent to an activating group) is 1. The first-order valence-corrected chi connectivity index (χ1v) is 13.4. The van der Waals surface area contributed by atoms with Crippen molar-refractivity contribution in [1.29, 1.82) is 0 Å². The van der Waals surface area contributed by atoms with E-state index in [0.29, 0.717) is 42.7 Å². The second-order valence-corrected chi connectivity index (χ2v) is 10.1. The fourth-order valence-corrected chi connectivity index (χ4v) is 5.00. The summed E-state index contributed by atoms with van der Waals surface area (Å²) in [4.78, 5) is 31.3. The maximum Gasteiger partial charge on any atom is 0.256 e. The highest BCUT2D eigenvalue weighted by atomic mass is 16.3. The van der Waals surface area contributed by atoms with E-state index >= 15 is 0 Å². The number of carbonyl (C=O) groups excluding carboxylic acids is 1. The van der Waals surface area contributed by atoms with Gasteiger partial charge in [0.25, 0.3) is 5.91 Å². The molecule has 1 aliphatic heterocycles. The lowest BCUT2D eigenvalue weighted by Crippen LogP contribution is -2.44. The molecule has 4 N–H and O–H groups in total. The van der Waals surface area contributed by atoms with Gasteiger partial charge in [0.2, 0.25) is 5.95 Å². The van der Waals surface area contributed by atoms with Gasteiger partial charge in [0.05, 0.1) is 5.69 Å². The summed E-state index contributed by atoms with van der Waals surface area (Å²) in [5.41, 5.74) is 3.08. The SMILES string of the molecule is C=CCNC(=O)c1cnc(Nc2ccc(N3CCN(C)CC3)cc2)nc1Nc1ccc2c(n1)[C@](O)(CC)CC2. The number of nitrogens with one attached hydrogen (secondary N) is 3. The van der Waals surface area contributed by atoms with E-state index in [4.69, 9.17) is 4.98 Å². The summed E-state index contributed by atoms with van der Waals surface area (Å²) in [6.07, 6.45) is 5.13. The van der Waals surface area contributed by atoms with E-state index in [1.165, 1.54) is 11.9 Å². The minimum atomic E-state index is -0.939. The largest absolute Gasteiger partial charge is 0.384 e. The number of piperazine rings is 1. The monoisotopic (exact) mass is 528 g/mol. The molecular formula is C29H36N8O2. The highest BCUT2D eigenvalue weighted by molar-refractivity contribution is 5.99. The van der Waals surface area contributed by atoms with Gasteiger partial charge in [0, 0.05) is 50.3 Å². The Morgan fingerprint density at radius 3 is 2.59 bits per heavy atom. The van der Waals surface area contributed by atoms with Crippen molar-refractivity contribution in [3.8, 4) is 0 Å². The molecule has 2 aliphatic rings. The van der Waals surface area contributed by atoms with Crippen molar-refractivity contribution in [3.63, 3.8) is 0 Å². The smallest absolute Gasteiger partial charge is 0.256 e. The second kappa shape index (κ2) is 11.4. The molecule has 1 aliphatic carbocycles. The molecule has 1 atom stereocenters. The summed E-state index contributed by atoms with van der Waals surface area (Å²) in [6.45, 7) is 10.0. The van der Waals surface area contributed by atoms with Gasteiger partial charge in [-0.05, 0) is 62.2 Å². The molecule has 39 heavy (non-hydrogen) atoms. The number of hydrogen-bond acceptors (Lipinski definition) is 9. The van der Waals surface area contributed by atoms with Gasteiger partial charge in [0.15, 0.2) is 0 Å². The Labute approximate surface area is 229 Å². The molecule has 0 bridgehead atoms. The van der Waals surface area contributed by atoms with Gasteiger partial charge >= 0.3 is 0 Å². The zero-order chi connectivity index (χ0) is 27.4. The summed E-state index contributed by atoms with van der Waals surface area (Å²) < 4.78 is 0. The number of rotatable bonds is 9. The minimum Gasteiger partial charge on any atom is -0.384 e. The quantitative estimate of drug-likeness (QED) is 0.309. The van der Waals surface area contributed by atoms with E-state index in [1.54, 1.807) is 6.08 Å². The Morgan fingerprint density at radius 1 is 1.10 bits per heavy atom. The van der Waals surface area contributed by atoms with Gasteiger partial charge in [-0.15, -0.1) is 6.58 Å². The Bertz CT molecular complexity index is 1340. The van der Waals surface area contributed by atoms with Crippen molar-refractivity contribution in [2.24, 2.45) is 0 Å². The van der Waals surface area contributed by atoms with E-state index in [0.717, 1.165) is 43.9 Å². The van der Waals surface area contributed by atoms with Crippen LogP contribution in [0.2, 0.25) is 0 Å². The van der Waals surface area contributed by atoms with Crippen LogP contribution in [0.15, 0.2) is 55.3 Å². The molecule has 1 aromatic carbocycles. The Balaban J connectivity index is 1.38. The molecule has 1 amide bonds. The summed E-state index contributed by atoms with van der Waals surface area (Å²) in [6, 6.07) is 12.0. The molecular weight excluding hydrogens is 492 g/mol. The third-order valence-corrected chi connectivity index (χ3v) is 7.49. The molecule has 0 unspecified atom stereocenters. The normalized spacial score (nSPS) is 18.9. The average molecular weight is 529 g/mol. The van der Waals surface area contributed by atoms with Crippen molar-refractivity contribution in [2.75, 3.05) is 55.3 Å². The van der Waals surface area contributed by atoms with Gasteiger partial charge in [-0.2, -0.15) is 4.98 Å². The number of fused-ring (bicyclic) bond motifs is 1. The molecule has 3 heterocycles. The number of aliphatic hydroxyl groups is 1. The number of aromatic nitrogens is 3. The van der Waals surface area contributed by atoms with Crippen LogP contribution in [0.4, 0.5) is 29.0 Å². The molecule has 10 heteroatoms. The van der Waals surface area contributed by atoms with Crippen molar-refractivity contribution in [1.82, 2.24) is 25.2 Å². The standard InChI is InChI=1S/C29H36N8O2/c1-4-14-30-27(38)23-19-31-28(32-21-7-9-22(10-8-21)37-17-15-36(3)16-18-37)35-26(23)34-24-11-6-20-12-13-29(39,5-2)25(20)33-24/h4,6-11,19,39H,1,5,12-18H2,2-3H3,(H,30,38)(H2,31,32,33,34,35)/t29-/m0/s1. The summed E-state index contributed by atoms with van der Waals surface area (Å²) in [5, 5.41) is 20.2. The number of hydrogen-bond donors (Lipinski definition) is 4. The Hall–Kier alpha value is -4.02. The Morgan fingerprint density at radius 2 is 1.87 bits per heavy atom. The molecule has 0 spiro atoms. The van der Waals surface area contributed by atoms with E-state index in [9.17, 15) is 9.90 Å². The molecule has 3 aromatic rings. The highest BCUT2D eigenvalue weighted by Crippen LogP contribution is 2.39. The summed E-state index contributed by atoms with van der Waals surface area (Å²) >= 11 is 0. The zero-order valence-electron chi connectivity index (χ0n) is 22.6. The second-order valence-electron chi connectivity index (χ2n) is 10.1. The van der Waals surface area contributed by atoms with Gasteiger partial charge in [-0.25, -0.2) is 9.97 Å². The maximum absolute atomic E-state index is 12.9. The molecule has 2 aromatic heterocycles. The first-order valence-electron chi connectivity index (χ1n) is 13.4. The van der Waals surface area contributed by atoms with Gasteiger partial charge < -0.3 is 30.9 Å². The van der Waals surface area contributed by atoms with Crippen molar-refractivity contribution in [3.05, 3.63) is 72.1 Å². The number of pyridine rings is 1.